The molecule has 0 aromatic carbocycles. The van der Waals surface area contributed by atoms with Crippen LogP contribution in [0.2, 0.25) is 0 Å². The van der Waals surface area contributed by atoms with Crippen molar-refractivity contribution in [3.05, 3.63) is 29.9 Å². The van der Waals surface area contributed by atoms with E-state index in [2.05, 4.69) is 29.0 Å². The summed E-state index contributed by atoms with van der Waals surface area (Å²) in [7, 11) is 0. The summed E-state index contributed by atoms with van der Waals surface area (Å²) in [4.78, 5) is 4.14. The van der Waals surface area contributed by atoms with Crippen LogP contribution in [0, 0.1) is 0 Å². The van der Waals surface area contributed by atoms with Gasteiger partial charge in [0.25, 0.3) is 0 Å². The second-order valence-corrected chi connectivity index (χ2v) is 2.23. The molecular formula is C7H7N2Rb. The van der Waals surface area contributed by atoms with Crippen LogP contribution < -0.4 is 58.2 Å². The Kier molecular flexibility index (Phi) is 3.04. The summed E-state index contributed by atoms with van der Waals surface area (Å²) in [6, 6.07) is 0.248. The first kappa shape index (κ1) is 8.85. The molecule has 46 valence electrons. The first-order valence-electron chi connectivity index (χ1n) is 3.00. The van der Waals surface area contributed by atoms with Crippen LogP contribution in [-0.4, -0.2) is 11.8 Å². The van der Waals surface area contributed by atoms with Gasteiger partial charge in [0.05, 0.1) is 0 Å². The Hall–Kier alpha value is 0.755. The number of hydrogen-bond acceptors (Lipinski definition) is 1. The van der Waals surface area contributed by atoms with Gasteiger partial charge in [0.2, 0.25) is 0 Å². The molecule has 2 rings (SSSR count). The van der Waals surface area contributed by atoms with Crippen molar-refractivity contribution in [2.24, 2.45) is 4.99 Å². The van der Waals surface area contributed by atoms with E-state index in [1.165, 1.54) is 0 Å². The molecule has 2 nitrogen and oxygen atoms in total. The molecule has 1 heterocycles. The Labute approximate surface area is 109 Å². The molecule has 1 unspecified atom stereocenters. The average molecular weight is 205 g/mol. The zero-order valence-corrected chi connectivity index (χ0v) is 11.0. The minimum absolute atomic E-state index is 0. The summed E-state index contributed by atoms with van der Waals surface area (Å²) in [5.41, 5.74) is 1.15. The van der Waals surface area contributed by atoms with Crippen molar-refractivity contribution in [2.75, 3.05) is 0 Å². The van der Waals surface area contributed by atoms with Crippen LogP contribution in [-0.2, 0) is 0 Å². The molecule has 1 atom stereocenters. The maximum absolute atomic E-state index is 4.17. The van der Waals surface area contributed by atoms with Crippen LogP contribution in [0.25, 0.3) is 5.32 Å². The normalized spacial score (nSPS) is 27.0. The van der Waals surface area contributed by atoms with Gasteiger partial charge in [-0.2, -0.15) is 0 Å². The van der Waals surface area contributed by atoms with Gasteiger partial charge < -0.3 is 10.3 Å². The molecule has 10 heavy (non-hydrogen) atoms. The summed E-state index contributed by atoms with van der Waals surface area (Å²) in [6.07, 6.45) is 5.13. The molecule has 0 spiro atoms. The fourth-order valence-corrected chi connectivity index (χ4v) is 1.13. The van der Waals surface area contributed by atoms with E-state index < -0.39 is 0 Å². The topological polar surface area (TPSA) is 26.5 Å². The largest absolute Gasteiger partial charge is 1.00 e. The maximum Gasteiger partial charge on any atom is 1.00 e. The minimum Gasteiger partial charge on any atom is -0.455 e. The van der Waals surface area contributed by atoms with Gasteiger partial charge in [-0.25, -0.2) is 0 Å². The van der Waals surface area contributed by atoms with E-state index in [0.29, 0.717) is 5.82 Å². The first-order valence-corrected chi connectivity index (χ1v) is 3.00. The summed E-state index contributed by atoms with van der Waals surface area (Å²) in [5.74, 6) is 0.680. The molecule has 2 aliphatic rings. The molecule has 3 heteroatoms. The van der Waals surface area contributed by atoms with E-state index in [-0.39, 0.29) is 64.2 Å². The average Bonchev–Trinajstić information content (AvgIpc) is 2.22. The van der Waals surface area contributed by atoms with Crippen LogP contribution >= 0.6 is 0 Å². The van der Waals surface area contributed by atoms with Crippen molar-refractivity contribution in [3.63, 3.8) is 0 Å². The van der Waals surface area contributed by atoms with Crippen LogP contribution in [0.15, 0.2) is 29.5 Å². The van der Waals surface area contributed by atoms with Gasteiger partial charge in [0, 0.05) is 0 Å². The van der Waals surface area contributed by atoms with Gasteiger partial charge in [0.1, 0.15) is 0 Å². The van der Waals surface area contributed by atoms with E-state index in [0.717, 1.165) is 12.1 Å². The molecule has 1 aliphatic heterocycles. The summed E-state index contributed by atoms with van der Waals surface area (Å²) >= 11 is 0. The van der Waals surface area contributed by atoms with E-state index in [9.17, 15) is 0 Å². The second-order valence-electron chi connectivity index (χ2n) is 2.23. The number of aliphatic imine (C=N–C) groups is 1. The van der Waals surface area contributed by atoms with Gasteiger partial charge in [-0.15, -0.1) is 6.58 Å². The van der Waals surface area contributed by atoms with E-state index in [1.54, 1.807) is 0 Å². The molecule has 0 saturated heterocycles. The van der Waals surface area contributed by atoms with E-state index in [4.69, 9.17) is 0 Å². The predicted molar refractivity (Wildman–Crippen MR) is 37.5 cm³/mol. The van der Waals surface area contributed by atoms with Gasteiger partial charge in [-0.05, 0) is 12.5 Å². The second kappa shape index (κ2) is 3.43. The van der Waals surface area contributed by atoms with Crippen LogP contribution in [0.4, 0.5) is 0 Å². The molecule has 0 N–H and O–H groups in total. The standard InChI is InChI=1S/C7H7N2.Rb/c1-5-8-6-3-2-4-7(6)9-5;/h2-3,6H,1,4H2;/q-1;+1. The number of rotatable bonds is 0. The third-order valence-electron chi connectivity index (χ3n) is 1.55. The summed E-state index contributed by atoms with van der Waals surface area (Å²) in [6.45, 7) is 3.65. The van der Waals surface area contributed by atoms with E-state index in [1.807, 2.05) is 0 Å². The van der Waals surface area contributed by atoms with Gasteiger partial charge in [-0.3, -0.25) is 0 Å². The number of allylic oxidation sites excluding steroid dienone is 1. The maximum atomic E-state index is 4.17. The Morgan fingerprint density at radius 1 is 1.70 bits per heavy atom. The first-order chi connectivity index (χ1) is 4.36. The fourth-order valence-electron chi connectivity index (χ4n) is 1.13. The quantitative estimate of drug-likeness (QED) is 0.435. The summed E-state index contributed by atoms with van der Waals surface area (Å²) in [5, 5.41) is 4.17. The van der Waals surface area contributed by atoms with Crippen molar-refractivity contribution in [3.8, 4) is 0 Å². The zero-order valence-electron chi connectivity index (χ0n) is 6.04. The fraction of sp³-hybridized carbons (Fsp3) is 0.286. The van der Waals surface area contributed by atoms with Crippen LogP contribution in [0.5, 0.6) is 0 Å². The predicted octanol–water partition coefficient (Wildman–Crippen LogP) is -1.38. The van der Waals surface area contributed by atoms with Gasteiger partial charge in [0.15, 0.2) is 0 Å². The molecule has 0 amide bonds. The Bertz CT molecular complexity index is 218. The van der Waals surface area contributed by atoms with Crippen molar-refractivity contribution in [1.82, 2.24) is 0 Å². The molecule has 0 saturated carbocycles. The van der Waals surface area contributed by atoms with Gasteiger partial charge in [-0.1, -0.05) is 23.7 Å². The molecular weight excluding hydrogens is 198 g/mol. The molecule has 1 aliphatic carbocycles. The molecule has 0 aromatic heterocycles. The molecule has 0 fully saturated rings. The van der Waals surface area contributed by atoms with Gasteiger partial charge >= 0.3 is 58.2 Å². The Morgan fingerprint density at radius 3 is 3.20 bits per heavy atom. The van der Waals surface area contributed by atoms with Crippen LogP contribution in [0.1, 0.15) is 6.42 Å². The summed E-state index contributed by atoms with van der Waals surface area (Å²) < 4.78 is 0. The number of fused-ring (bicyclic) bond motifs is 1. The Balaban J connectivity index is 0.000000500. The van der Waals surface area contributed by atoms with Crippen molar-refractivity contribution < 1.29 is 58.2 Å². The number of nitrogens with zero attached hydrogens (tertiary/aromatic N) is 2. The third kappa shape index (κ3) is 1.50. The Morgan fingerprint density at radius 2 is 2.50 bits per heavy atom. The molecule has 0 aromatic rings. The minimum atomic E-state index is 0. The zero-order chi connectivity index (χ0) is 6.27. The SMILES string of the molecule is C=C1N=C2CC=CC2[N-]1.[Rb+]. The number of hydrogen-bond donors (Lipinski definition) is 0. The van der Waals surface area contributed by atoms with Crippen molar-refractivity contribution in [1.29, 1.82) is 0 Å². The van der Waals surface area contributed by atoms with Crippen molar-refractivity contribution >= 4 is 5.71 Å². The monoisotopic (exact) mass is 204 g/mol. The smallest absolute Gasteiger partial charge is 0.455 e. The van der Waals surface area contributed by atoms with Crippen LogP contribution in [0.3, 0.4) is 0 Å². The third-order valence-corrected chi connectivity index (χ3v) is 1.55. The molecule has 0 bridgehead atoms. The van der Waals surface area contributed by atoms with E-state index >= 15 is 0 Å². The van der Waals surface area contributed by atoms with Crippen molar-refractivity contribution in [2.45, 2.75) is 12.5 Å². The molecule has 0 radical (unpaired) electrons.